The number of primary amides is 1. The Kier molecular flexibility index (Phi) is 5.83. The smallest absolute Gasteiger partial charge is 0.338 e. The molecule has 0 bridgehead atoms. The second-order valence-electron chi connectivity index (χ2n) is 3.70. The third-order valence-electron chi connectivity index (χ3n) is 2.40. The van der Waals surface area contributed by atoms with Crippen molar-refractivity contribution in [2.75, 3.05) is 13.1 Å². The van der Waals surface area contributed by atoms with Gasteiger partial charge in [0.1, 0.15) is 0 Å². The largest absolute Gasteiger partial charge is 0.350 e. The van der Waals surface area contributed by atoms with E-state index >= 15 is 0 Å². The van der Waals surface area contributed by atoms with E-state index < -0.39 is 6.03 Å². The third kappa shape index (κ3) is 4.13. The van der Waals surface area contributed by atoms with Crippen LogP contribution >= 0.6 is 12.4 Å². The number of carbonyl (C=O) groups excluding carboxylic acids is 1. The lowest BCUT2D eigenvalue weighted by Gasteiger charge is -2.29. The maximum Gasteiger partial charge on any atom is 0.338 e. The van der Waals surface area contributed by atoms with E-state index in [1.807, 2.05) is 0 Å². The van der Waals surface area contributed by atoms with Crippen molar-refractivity contribution in [1.82, 2.24) is 10.4 Å². The summed E-state index contributed by atoms with van der Waals surface area (Å²) in [5.74, 6) is 0.646. The molecule has 1 rings (SSSR count). The standard InChI is InChI=1S/C8H17N3O2.ClH/c1-6-2-3-10-7(4-6)5-11(13)8(9)12;/h6-7,10,13H,2-5H2,1H3,(H2,9,12);1H/t6-,7-;/m1./s1. The quantitative estimate of drug-likeness (QED) is 0.473. The van der Waals surface area contributed by atoms with Crippen LogP contribution in [0.5, 0.6) is 0 Å². The van der Waals surface area contributed by atoms with Crippen molar-refractivity contribution in [1.29, 1.82) is 0 Å². The van der Waals surface area contributed by atoms with Crippen LogP contribution in [0.15, 0.2) is 0 Å². The highest BCUT2D eigenvalue weighted by Gasteiger charge is 2.21. The van der Waals surface area contributed by atoms with Gasteiger partial charge < -0.3 is 11.1 Å². The zero-order valence-corrected chi connectivity index (χ0v) is 9.09. The third-order valence-corrected chi connectivity index (χ3v) is 2.40. The Morgan fingerprint density at radius 2 is 2.36 bits per heavy atom. The maximum absolute atomic E-state index is 10.5. The molecule has 1 fully saturated rings. The highest BCUT2D eigenvalue weighted by atomic mass is 35.5. The minimum absolute atomic E-state index is 0. The molecule has 6 heteroatoms. The minimum atomic E-state index is -0.792. The summed E-state index contributed by atoms with van der Waals surface area (Å²) >= 11 is 0. The topological polar surface area (TPSA) is 78.6 Å². The Balaban J connectivity index is 0.00000169. The second-order valence-corrected chi connectivity index (χ2v) is 3.70. The van der Waals surface area contributed by atoms with Gasteiger partial charge in [-0.3, -0.25) is 5.21 Å². The number of piperidine rings is 1. The summed E-state index contributed by atoms with van der Waals surface area (Å²) in [6.45, 7) is 3.39. The summed E-state index contributed by atoms with van der Waals surface area (Å²) in [6.07, 6.45) is 2.13. The summed E-state index contributed by atoms with van der Waals surface area (Å²) in [6, 6.07) is -0.624. The summed E-state index contributed by atoms with van der Waals surface area (Å²) in [4.78, 5) is 10.5. The fourth-order valence-corrected chi connectivity index (χ4v) is 1.66. The molecular weight excluding hydrogens is 206 g/mol. The Morgan fingerprint density at radius 1 is 1.71 bits per heavy atom. The van der Waals surface area contributed by atoms with Crippen LogP contribution in [0.2, 0.25) is 0 Å². The number of hydrogen-bond donors (Lipinski definition) is 3. The van der Waals surface area contributed by atoms with Crippen molar-refractivity contribution < 1.29 is 10.0 Å². The molecule has 0 aromatic carbocycles. The molecule has 2 atom stereocenters. The summed E-state index contributed by atoms with van der Waals surface area (Å²) < 4.78 is 0. The molecule has 0 unspecified atom stereocenters. The number of carbonyl (C=O) groups is 1. The van der Waals surface area contributed by atoms with Gasteiger partial charge in [0.2, 0.25) is 0 Å². The first-order chi connectivity index (χ1) is 6.09. The van der Waals surface area contributed by atoms with Crippen LogP contribution < -0.4 is 11.1 Å². The van der Waals surface area contributed by atoms with Crippen LogP contribution in [0.1, 0.15) is 19.8 Å². The van der Waals surface area contributed by atoms with Gasteiger partial charge in [-0.2, -0.15) is 0 Å². The van der Waals surface area contributed by atoms with E-state index in [0.29, 0.717) is 11.0 Å². The van der Waals surface area contributed by atoms with Gasteiger partial charge in [-0.25, -0.2) is 9.86 Å². The van der Waals surface area contributed by atoms with Gasteiger partial charge >= 0.3 is 6.03 Å². The van der Waals surface area contributed by atoms with Gasteiger partial charge in [-0.05, 0) is 25.3 Å². The Bertz CT molecular complexity index is 191. The number of hydroxylamine groups is 2. The van der Waals surface area contributed by atoms with E-state index in [1.54, 1.807) is 0 Å². The fourth-order valence-electron chi connectivity index (χ4n) is 1.66. The van der Waals surface area contributed by atoms with E-state index in [2.05, 4.69) is 12.2 Å². The normalized spacial score (nSPS) is 26.4. The van der Waals surface area contributed by atoms with Crippen molar-refractivity contribution in [3.8, 4) is 0 Å². The average Bonchev–Trinajstić information content (AvgIpc) is 2.04. The number of nitrogens with two attached hydrogens (primary N) is 1. The summed E-state index contributed by atoms with van der Waals surface area (Å²) in [7, 11) is 0. The van der Waals surface area contributed by atoms with Crippen molar-refractivity contribution in [3.63, 3.8) is 0 Å². The number of rotatable bonds is 2. The van der Waals surface area contributed by atoms with Gasteiger partial charge in [0, 0.05) is 6.04 Å². The van der Waals surface area contributed by atoms with Gasteiger partial charge in [0.05, 0.1) is 6.54 Å². The van der Waals surface area contributed by atoms with Crippen LogP contribution in [0.4, 0.5) is 4.79 Å². The van der Waals surface area contributed by atoms with Gasteiger partial charge in [-0.15, -0.1) is 12.4 Å². The van der Waals surface area contributed by atoms with Crippen molar-refractivity contribution in [3.05, 3.63) is 0 Å². The zero-order valence-electron chi connectivity index (χ0n) is 8.27. The number of nitrogens with one attached hydrogen (secondary N) is 1. The molecule has 4 N–H and O–H groups in total. The number of urea groups is 1. The van der Waals surface area contributed by atoms with E-state index in [9.17, 15) is 4.79 Å². The van der Waals surface area contributed by atoms with Gasteiger partial charge in [0.15, 0.2) is 0 Å². The van der Waals surface area contributed by atoms with E-state index in [4.69, 9.17) is 10.9 Å². The molecule has 1 saturated heterocycles. The van der Waals surface area contributed by atoms with E-state index in [0.717, 1.165) is 19.4 Å². The molecule has 1 aliphatic rings. The Labute approximate surface area is 90.0 Å². The lowest BCUT2D eigenvalue weighted by Crippen LogP contribution is -2.47. The summed E-state index contributed by atoms with van der Waals surface area (Å²) in [5, 5.41) is 12.9. The molecule has 84 valence electrons. The lowest BCUT2D eigenvalue weighted by molar-refractivity contribution is -0.0486. The number of halogens is 1. The van der Waals surface area contributed by atoms with Crippen molar-refractivity contribution in [2.45, 2.75) is 25.8 Å². The predicted molar refractivity (Wildman–Crippen MR) is 55.5 cm³/mol. The van der Waals surface area contributed by atoms with Crippen molar-refractivity contribution >= 4 is 18.4 Å². The number of amides is 2. The van der Waals surface area contributed by atoms with Gasteiger partial charge in [-0.1, -0.05) is 6.92 Å². The first kappa shape index (κ1) is 13.5. The van der Waals surface area contributed by atoms with Crippen LogP contribution in [0.3, 0.4) is 0 Å². The van der Waals surface area contributed by atoms with Crippen LogP contribution in [0, 0.1) is 5.92 Å². The molecule has 14 heavy (non-hydrogen) atoms. The first-order valence-corrected chi connectivity index (χ1v) is 4.59. The SMILES string of the molecule is C[C@@H]1CCN[C@@H](CN(O)C(N)=O)C1.Cl. The maximum atomic E-state index is 10.5. The summed E-state index contributed by atoms with van der Waals surface area (Å²) in [5.41, 5.74) is 4.90. The number of hydrogen-bond acceptors (Lipinski definition) is 3. The number of nitrogens with zero attached hydrogens (tertiary/aromatic N) is 1. The van der Waals surface area contributed by atoms with Crippen LogP contribution in [-0.4, -0.2) is 35.4 Å². The monoisotopic (exact) mass is 223 g/mol. The average molecular weight is 224 g/mol. The van der Waals surface area contributed by atoms with Crippen LogP contribution in [-0.2, 0) is 0 Å². The minimum Gasteiger partial charge on any atom is -0.350 e. The Morgan fingerprint density at radius 3 is 2.86 bits per heavy atom. The molecule has 1 heterocycles. The van der Waals surface area contributed by atoms with Crippen LogP contribution in [0.25, 0.3) is 0 Å². The van der Waals surface area contributed by atoms with E-state index in [-0.39, 0.29) is 25.0 Å². The highest BCUT2D eigenvalue weighted by molar-refractivity contribution is 5.85. The molecular formula is C8H18ClN3O2. The van der Waals surface area contributed by atoms with Gasteiger partial charge in [0.25, 0.3) is 0 Å². The molecule has 0 aromatic heterocycles. The molecule has 0 saturated carbocycles. The molecule has 0 spiro atoms. The first-order valence-electron chi connectivity index (χ1n) is 4.59. The highest BCUT2D eigenvalue weighted by Crippen LogP contribution is 2.15. The zero-order chi connectivity index (χ0) is 9.84. The second kappa shape index (κ2) is 6.06. The Hall–Kier alpha value is -0.520. The fraction of sp³-hybridized carbons (Fsp3) is 0.875. The predicted octanol–water partition coefficient (Wildman–Crippen LogP) is 0.566. The van der Waals surface area contributed by atoms with Crippen molar-refractivity contribution in [2.24, 2.45) is 11.7 Å². The molecule has 5 nitrogen and oxygen atoms in total. The molecule has 1 aliphatic heterocycles. The molecule has 0 radical (unpaired) electrons. The van der Waals surface area contributed by atoms with E-state index in [1.165, 1.54) is 0 Å². The molecule has 0 aromatic rings. The molecule has 2 amide bonds. The molecule has 0 aliphatic carbocycles. The lowest BCUT2D eigenvalue weighted by atomic mass is 9.94.